The summed E-state index contributed by atoms with van der Waals surface area (Å²) in [6.07, 6.45) is 4.99. The summed E-state index contributed by atoms with van der Waals surface area (Å²) in [5.41, 5.74) is 0. The van der Waals surface area contributed by atoms with Crippen LogP contribution in [0.2, 0.25) is 0 Å². The molecule has 0 bridgehead atoms. The largest absolute Gasteiger partial charge is 0.492 e. The van der Waals surface area contributed by atoms with Gasteiger partial charge in [0.15, 0.2) is 11.6 Å². The molecule has 2 nitrogen and oxygen atoms in total. The van der Waals surface area contributed by atoms with Gasteiger partial charge in [0.05, 0.1) is 0 Å². The van der Waals surface area contributed by atoms with Crippen LogP contribution in [-0.2, 0) is 0 Å². The zero-order valence-electron chi connectivity index (χ0n) is 11.3. The SMILES string of the molecule is CC1CCC(NCCOc2ccc(F)c(F)c2)CC1. The van der Waals surface area contributed by atoms with Crippen LogP contribution in [-0.4, -0.2) is 19.2 Å². The Balaban J connectivity index is 1.65. The minimum Gasteiger partial charge on any atom is -0.492 e. The van der Waals surface area contributed by atoms with Gasteiger partial charge in [-0.1, -0.05) is 6.92 Å². The van der Waals surface area contributed by atoms with Gasteiger partial charge < -0.3 is 10.1 Å². The molecule has 1 aromatic rings. The maximum Gasteiger partial charge on any atom is 0.162 e. The number of hydrogen-bond donors (Lipinski definition) is 1. The number of nitrogens with one attached hydrogen (secondary N) is 1. The molecule has 1 saturated carbocycles. The van der Waals surface area contributed by atoms with Gasteiger partial charge >= 0.3 is 0 Å². The van der Waals surface area contributed by atoms with E-state index < -0.39 is 11.6 Å². The monoisotopic (exact) mass is 269 g/mol. The van der Waals surface area contributed by atoms with Crippen molar-refractivity contribution in [3.05, 3.63) is 29.8 Å². The Morgan fingerprint density at radius 2 is 1.89 bits per heavy atom. The Morgan fingerprint density at radius 1 is 1.16 bits per heavy atom. The first kappa shape index (κ1) is 14.3. The zero-order valence-corrected chi connectivity index (χ0v) is 11.3. The topological polar surface area (TPSA) is 21.3 Å². The Bertz CT molecular complexity index is 403. The zero-order chi connectivity index (χ0) is 13.7. The van der Waals surface area contributed by atoms with Gasteiger partial charge in [-0.25, -0.2) is 8.78 Å². The number of halogens is 2. The quantitative estimate of drug-likeness (QED) is 0.826. The summed E-state index contributed by atoms with van der Waals surface area (Å²) in [7, 11) is 0. The molecule has 19 heavy (non-hydrogen) atoms. The molecule has 0 saturated heterocycles. The summed E-state index contributed by atoms with van der Waals surface area (Å²) < 4.78 is 31.0. The second-order valence-electron chi connectivity index (χ2n) is 5.34. The average molecular weight is 269 g/mol. The average Bonchev–Trinajstić information content (AvgIpc) is 2.41. The molecule has 1 fully saturated rings. The van der Waals surface area contributed by atoms with Crippen LogP contribution in [0.5, 0.6) is 5.75 Å². The Labute approximate surface area is 113 Å². The van der Waals surface area contributed by atoms with Crippen molar-refractivity contribution in [1.29, 1.82) is 0 Å². The number of ether oxygens (including phenoxy) is 1. The lowest BCUT2D eigenvalue weighted by Gasteiger charge is -2.27. The first-order valence-electron chi connectivity index (χ1n) is 6.96. The molecular formula is C15H21F2NO. The minimum absolute atomic E-state index is 0.373. The standard InChI is InChI=1S/C15H21F2NO/c1-11-2-4-12(5-3-11)18-8-9-19-13-6-7-14(16)15(17)10-13/h6-7,10-12,18H,2-5,8-9H2,1H3. The molecule has 0 atom stereocenters. The molecule has 0 unspecified atom stereocenters. The van der Waals surface area contributed by atoms with E-state index in [1.54, 1.807) is 0 Å². The van der Waals surface area contributed by atoms with E-state index in [4.69, 9.17) is 4.74 Å². The van der Waals surface area contributed by atoms with E-state index in [0.29, 0.717) is 18.4 Å². The van der Waals surface area contributed by atoms with E-state index in [-0.39, 0.29) is 0 Å². The molecule has 0 heterocycles. The summed E-state index contributed by atoms with van der Waals surface area (Å²) in [5, 5.41) is 3.45. The predicted octanol–water partition coefficient (Wildman–Crippen LogP) is 3.51. The van der Waals surface area contributed by atoms with Gasteiger partial charge in [0.1, 0.15) is 12.4 Å². The third kappa shape index (κ3) is 4.46. The Morgan fingerprint density at radius 3 is 2.58 bits per heavy atom. The van der Waals surface area contributed by atoms with E-state index in [9.17, 15) is 8.78 Å². The highest BCUT2D eigenvalue weighted by atomic mass is 19.2. The molecule has 0 radical (unpaired) electrons. The highest BCUT2D eigenvalue weighted by molar-refractivity contribution is 5.23. The molecule has 1 aliphatic rings. The second kappa shape index (κ2) is 6.85. The van der Waals surface area contributed by atoms with Crippen molar-refractivity contribution in [1.82, 2.24) is 5.32 Å². The van der Waals surface area contributed by atoms with Crippen molar-refractivity contribution < 1.29 is 13.5 Å². The summed E-state index contributed by atoms with van der Waals surface area (Å²) >= 11 is 0. The number of benzene rings is 1. The number of hydrogen-bond acceptors (Lipinski definition) is 2. The van der Waals surface area contributed by atoms with Crippen LogP contribution in [0.1, 0.15) is 32.6 Å². The van der Waals surface area contributed by atoms with E-state index >= 15 is 0 Å². The molecule has 1 N–H and O–H groups in total. The Kier molecular flexibility index (Phi) is 5.14. The van der Waals surface area contributed by atoms with Gasteiger partial charge in [0, 0.05) is 18.7 Å². The lowest BCUT2D eigenvalue weighted by atomic mass is 9.87. The van der Waals surface area contributed by atoms with E-state index in [1.807, 2.05) is 0 Å². The van der Waals surface area contributed by atoms with E-state index in [0.717, 1.165) is 24.6 Å². The number of rotatable bonds is 5. The van der Waals surface area contributed by atoms with Crippen molar-refractivity contribution >= 4 is 0 Å². The lowest BCUT2D eigenvalue weighted by molar-refractivity contribution is 0.269. The molecule has 0 aromatic heterocycles. The van der Waals surface area contributed by atoms with Crippen molar-refractivity contribution in [2.45, 2.75) is 38.6 Å². The van der Waals surface area contributed by atoms with Crippen LogP contribution in [0.3, 0.4) is 0 Å². The van der Waals surface area contributed by atoms with Gasteiger partial charge in [-0.05, 0) is 43.7 Å². The maximum atomic E-state index is 12.9. The normalized spacial score (nSPS) is 23.3. The van der Waals surface area contributed by atoms with Gasteiger partial charge in [-0.3, -0.25) is 0 Å². The lowest BCUT2D eigenvalue weighted by Crippen LogP contribution is -2.35. The fourth-order valence-electron chi connectivity index (χ4n) is 2.46. The third-order valence-electron chi connectivity index (χ3n) is 3.71. The van der Waals surface area contributed by atoms with Crippen LogP contribution < -0.4 is 10.1 Å². The van der Waals surface area contributed by atoms with E-state index in [2.05, 4.69) is 12.2 Å². The molecule has 1 aliphatic carbocycles. The highest BCUT2D eigenvalue weighted by Crippen LogP contribution is 2.23. The molecule has 106 valence electrons. The fraction of sp³-hybridized carbons (Fsp3) is 0.600. The molecule has 1 aromatic carbocycles. The summed E-state index contributed by atoms with van der Waals surface area (Å²) in [4.78, 5) is 0. The predicted molar refractivity (Wildman–Crippen MR) is 71.3 cm³/mol. The third-order valence-corrected chi connectivity index (χ3v) is 3.71. The minimum atomic E-state index is -0.869. The molecule has 4 heteroatoms. The fourth-order valence-corrected chi connectivity index (χ4v) is 2.46. The van der Waals surface area contributed by atoms with Crippen LogP contribution >= 0.6 is 0 Å². The molecular weight excluding hydrogens is 248 g/mol. The van der Waals surface area contributed by atoms with Crippen LogP contribution in [0, 0.1) is 17.6 Å². The first-order valence-corrected chi connectivity index (χ1v) is 6.96. The summed E-state index contributed by atoms with van der Waals surface area (Å²) in [6, 6.07) is 4.18. The van der Waals surface area contributed by atoms with E-state index in [1.165, 1.54) is 31.7 Å². The van der Waals surface area contributed by atoms with Crippen molar-refractivity contribution in [3.63, 3.8) is 0 Å². The van der Waals surface area contributed by atoms with Crippen molar-refractivity contribution in [2.24, 2.45) is 5.92 Å². The molecule has 0 aliphatic heterocycles. The van der Waals surface area contributed by atoms with Crippen molar-refractivity contribution in [2.75, 3.05) is 13.2 Å². The highest BCUT2D eigenvalue weighted by Gasteiger charge is 2.17. The Hall–Kier alpha value is -1.16. The van der Waals surface area contributed by atoms with Gasteiger partial charge in [-0.15, -0.1) is 0 Å². The van der Waals surface area contributed by atoms with Crippen LogP contribution in [0.25, 0.3) is 0 Å². The van der Waals surface area contributed by atoms with Crippen LogP contribution in [0.4, 0.5) is 8.78 Å². The first-order chi connectivity index (χ1) is 9.15. The van der Waals surface area contributed by atoms with Gasteiger partial charge in [0.25, 0.3) is 0 Å². The molecule has 0 spiro atoms. The van der Waals surface area contributed by atoms with Crippen LogP contribution in [0.15, 0.2) is 18.2 Å². The van der Waals surface area contributed by atoms with Gasteiger partial charge in [-0.2, -0.15) is 0 Å². The molecule has 2 rings (SSSR count). The smallest absolute Gasteiger partial charge is 0.162 e. The van der Waals surface area contributed by atoms with Crippen molar-refractivity contribution in [3.8, 4) is 5.75 Å². The second-order valence-corrected chi connectivity index (χ2v) is 5.34. The summed E-state index contributed by atoms with van der Waals surface area (Å²) in [5.74, 6) is -0.497. The van der Waals surface area contributed by atoms with Gasteiger partial charge in [0.2, 0.25) is 0 Å². The summed E-state index contributed by atoms with van der Waals surface area (Å²) in [6.45, 7) is 3.50. The molecule has 0 amide bonds. The maximum absolute atomic E-state index is 12.9.